The lowest BCUT2D eigenvalue weighted by molar-refractivity contribution is 0.521. The number of pyridine rings is 1. The normalized spacial score (nSPS) is 21.3. The third-order valence-electron chi connectivity index (χ3n) is 3.60. The topological polar surface area (TPSA) is 28.2 Å². The van der Waals surface area contributed by atoms with Gasteiger partial charge in [0.1, 0.15) is 0 Å². The highest BCUT2D eigenvalue weighted by Crippen LogP contribution is 2.24. The van der Waals surface area contributed by atoms with Gasteiger partial charge in [-0.05, 0) is 38.3 Å². The molecule has 94 valence electrons. The number of nitrogens with zero attached hydrogens (tertiary/aromatic N) is 2. The molecule has 1 fully saturated rings. The monoisotopic (exact) mass is 233 g/mol. The molecular formula is C14H23N3. The fourth-order valence-corrected chi connectivity index (χ4v) is 2.56. The molecule has 0 radical (unpaired) electrons. The largest absolute Gasteiger partial charge is 0.371 e. The molecule has 1 saturated heterocycles. The summed E-state index contributed by atoms with van der Waals surface area (Å²) < 4.78 is 0. The lowest BCUT2D eigenvalue weighted by Gasteiger charge is -2.25. The summed E-state index contributed by atoms with van der Waals surface area (Å²) in [6.07, 6.45) is 7.87. The van der Waals surface area contributed by atoms with Crippen molar-refractivity contribution < 1.29 is 0 Å². The summed E-state index contributed by atoms with van der Waals surface area (Å²) in [5, 5.41) is 3.22. The van der Waals surface area contributed by atoms with Gasteiger partial charge in [-0.15, -0.1) is 0 Å². The number of aromatic nitrogens is 1. The van der Waals surface area contributed by atoms with Crippen LogP contribution in [0, 0.1) is 5.92 Å². The standard InChI is InChI=1S/C14H23N3/c1-12-4-3-8-17(9-6-12)14-5-7-16-11-13(14)10-15-2/h5,7,11-12,15H,3-4,6,8-10H2,1-2H3. The average Bonchev–Trinajstić information content (AvgIpc) is 2.55. The Kier molecular flexibility index (Phi) is 4.37. The maximum Gasteiger partial charge on any atom is 0.0442 e. The quantitative estimate of drug-likeness (QED) is 0.869. The van der Waals surface area contributed by atoms with Crippen molar-refractivity contribution in [1.29, 1.82) is 0 Å². The Morgan fingerprint density at radius 1 is 1.41 bits per heavy atom. The summed E-state index contributed by atoms with van der Waals surface area (Å²) in [6.45, 7) is 5.63. The molecule has 1 aliphatic rings. The Bertz CT molecular complexity index is 351. The molecule has 0 amide bonds. The Morgan fingerprint density at radius 2 is 2.29 bits per heavy atom. The molecule has 2 rings (SSSR count). The van der Waals surface area contributed by atoms with Crippen molar-refractivity contribution in [3.8, 4) is 0 Å². The SMILES string of the molecule is CNCc1cnccc1N1CCCC(C)CC1. The highest BCUT2D eigenvalue weighted by molar-refractivity contribution is 5.52. The number of hydrogen-bond donors (Lipinski definition) is 1. The van der Waals surface area contributed by atoms with Gasteiger partial charge in [0.25, 0.3) is 0 Å². The molecule has 17 heavy (non-hydrogen) atoms. The van der Waals surface area contributed by atoms with Crippen molar-refractivity contribution in [2.75, 3.05) is 25.0 Å². The van der Waals surface area contributed by atoms with Crippen LogP contribution in [0.25, 0.3) is 0 Å². The zero-order chi connectivity index (χ0) is 12.1. The summed E-state index contributed by atoms with van der Waals surface area (Å²) in [5.74, 6) is 0.870. The predicted molar refractivity (Wildman–Crippen MR) is 72.2 cm³/mol. The van der Waals surface area contributed by atoms with E-state index in [1.54, 1.807) is 0 Å². The van der Waals surface area contributed by atoms with E-state index in [-0.39, 0.29) is 0 Å². The minimum absolute atomic E-state index is 0.870. The fraction of sp³-hybridized carbons (Fsp3) is 0.643. The predicted octanol–water partition coefficient (Wildman–Crippen LogP) is 2.43. The van der Waals surface area contributed by atoms with Crippen LogP contribution >= 0.6 is 0 Å². The zero-order valence-corrected chi connectivity index (χ0v) is 10.9. The first-order chi connectivity index (χ1) is 8.31. The van der Waals surface area contributed by atoms with E-state index in [9.17, 15) is 0 Å². The Morgan fingerprint density at radius 3 is 3.12 bits per heavy atom. The third kappa shape index (κ3) is 3.19. The molecule has 1 aromatic rings. The van der Waals surface area contributed by atoms with Gasteiger partial charge in [0.05, 0.1) is 0 Å². The van der Waals surface area contributed by atoms with Gasteiger partial charge in [-0.1, -0.05) is 6.92 Å². The van der Waals surface area contributed by atoms with Crippen LogP contribution in [0.3, 0.4) is 0 Å². The van der Waals surface area contributed by atoms with Crippen molar-refractivity contribution in [3.63, 3.8) is 0 Å². The van der Waals surface area contributed by atoms with Crippen molar-refractivity contribution in [2.45, 2.75) is 32.7 Å². The van der Waals surface area contributed by atoms with E-state index in [0.717, 1.165) is 12.5 Å². The van der Waals surface area contributed by atoms with Crippen molar-refractivity contribution in [1.82, 2.24) is 10.3 Å². The maximum absolute atomic E-state index is 4.23. The van der Waals surface area contributed by atoms with Crippen LogP contribution in [0.1, 0.15) is 31.7 Å². The van der Waals surface area contributed by atoms with Crippen molar-refractivity contribution in [3.05, 3.63) is 24.0 Å². The molecule has 1 aromatic heterocycles. The van der Waals surface area contributed by atoms with E-state index in [2.05, 4.69) is 28.2 Å². The fourth-order valence-electron chi connectivity index (χ4n) is 2.56. The van der Waals surface area contributed by atoms with Crippen LogP contribution in [0.4, 0.5) is 5.69 Å². The first kappa shape index (κ1) is 12.4. The molecule has 2 heterocycles. The third-order valence-corrected chi connectivity index (χ3v) is 3.60. The minimum atomic E-state index is 0.870. The number of hydrogen-bond acceptors (Lipinski definition) is 3. The van der Waals surface area contributed by atoms with Gasteiger partial charge >= 0.3 is 0 Å². The van der Waals surface area contributed by atoms with Gasteiger partial charge in [0, 0.05) is 43.3 Å². The molecule has 1 aliphatic heterocycles. The second-order valence-corrected chi connectivity index (χ2v) is 5.06. The highest BCUT2D eigenvalue weighted by Gasteiger charge is 2.16. The molecule has 3 nitrogen and oxygen atoms in total. The van der Waals surface area contributed by atoms with E-state index in [1.165, 1.54) is 43.6 Å². The van der Waals surface area contributed by atoms with E-state index in [0.29, 0.717) is 0 Å². The van der Waals surface area contributed by atoms with Gasteiger partial charge in [-0.25, -0.2) is 0 Å². The molecule has 3 heteroatoms. The molecule has 1 unspecified atom stereocenters. The number of rotatable bonds is 3. The van der Waals surface area contributed by atoms with E-state index in [1.807, 2.05) is 19.4 Å². The summed E-state index contributed by atoms with van der Waals surface area (Å²) >= 11 is 0. The highest BCUT2D eigenvalue weighted by atomic mass is 15.1. The van der Waals surface area contributed by atoms with Crippen LogP contribution in [-0.2, 0) is 6.54 Å². The van der Waals surface area contributed by atoms with Gasteiger partial charge in [-0.2, -0.15) is 0 Å². The second-order valence-electron chi connectivity index (χ2n) is 5.06. The second kappa shape index (κ2) is 6.01. The van der Waals surface area contributed by atoms with Gasteiger partial charge in [0.2, 0.25) is 0 Å². The Labute approximate surface area is 104 Å². The van der Waals surface area contributed by atoms with Gasteiger partial charge in [0.15, 0.2) is 0 Å². The van der Waals surface area contributed by atoms with Gasteiger partial charge in [-0.3, -0.25) is 4.98 Å². The first-order valence-electron chi connectivity index (χ1n) is 6.63. The van der Waals surface area contributed by atoms with Crippen LogP contribution in [-0.4, -0.2) is 25.1 Å². The average molecular weight is 233 g/mol. The summed E-state index contributed by atoms with van der Waals surface area (Å²) in [6, 6.07) is 2.16. The number of anilines is 1. The zero-order valence-electron chi connectivity index (χ0n) is 10.9. The summed E-state index contributed by atoms with van der Waals surface area (Å²) in [4.78, 5) is 6.76. The maximum atomic E-state index is 4.23. The van der Waals surface area contributed by atoms with Crippen molar-refractivity contribution in [2.24, 2.45) is 5.92 Å². The summed E-state index contributed by atoms with van der Waals surface area (Å²) in [7, 11) is 1.99. The lowest BCUT2D eigenvalue weighted by Crippen LogP contribution is -2.26. The van der Waals surface area contributed by atoms with E-state index < -0.39 is 0 Å². The van der Waals surface area contributed by atoms with Crippen LogP contribution in [0.2, 0.25) is 0 Å². The molecule has 1 N–H and O–H groups in total. The van der Waals surface area contributed by atoms with Crippen LogP contribution < -0.4 is 10.2 Å². The Balaban J connectivity index is 2.14. The lowest BCUT2D eigenvalue weighted by atomic mass is 10.0. The molecular weight excluding hydrogens is 210 g/mol. The molecule has 0 saturated carbocycles. The van der Waals surface area contributed by atoms with Crippen molar-refractivity contribution >= 4 is 5.69 Å². The molecule has 0 aromatic carbocycles. The molecule has 1 atom stereocenters. The molecule has 0 bridgehead atoms. The van der Waals surface area contributed by atoms with Gasteiger partial charge < -0.3 is 10.2 Å². The Hall–Kier alpha value is -1.09. The van der Waals surface area contributed by atoms with Crippen LogP contribution in [0.15, 0.2) is 18.5 Å². The molecule has 0 aliphatic carbocycles. The number of nitrogens with one attached hydrogen (secondary N) is 1. The minimum Gasteiger partial charge on any atom is -0.371 e. The smallest absolute Gasteiger partial charge is 0.0442 e. The molecule has 0 spiro atoms. The first-order valence-corrected chi connectivity index (χ1v) is 6.63. The summed E-state index contributed by atoms with van der Waals surface area (Å²) in [5.41, 5.74) is 2.67. The van der Waals surface area contributed by atoms with Crippen LogP contribution in [0.5, 0.6) is 0 Å². The van der Waals surface area contributed by atoms with E-state index >= 15 is 0 Å². The van der Waals surface area contributed by atoms with E-state index in [4.69, 9.17) is 0 Å².